The van der Waals surface area contributed by atoms with Crippen molar-refractivity contribution in [3.8, 4) is 0 Å². The van der Waals surface area contributed by atoms with E-state index in [0.717, 1.165) is 18.4 Å². The fourth-order valence-corrected chi connectivity index (χ4v) is 3.84. The molecule has 23 heavy (non-hydrogen) atoms. The number of carbonyl (C=O) groups excluding carboxylic acids is 1. The van der Waals surface area contributed by atoms with Crippen LogP contribution in [0.15, 0.2) is 30.3 Å². The highest BCUT2D eigenvalue weighted by Crippen LogP contribution is 2.37. The molecule has 2 aliphatic heterocycles. The van der Waals surface area contributed by atoms with E-state index in [-0.39, 0.29) is 24.8 Å². The Morgan fingerprint density at radius 1 is 1.30 bits per heavy atom. The molecular formula is C18H25NO4. The van der Waals surface area contributed by atoms with Gasteiger partial charge < -0.3 is 14.6 Å². The van der Waals surface area contributed by atoms with Crippen molar-refractivity contribution in [2.45, 2.75) is 56.9 Å². The van der Waals surface area contributed by atoms with Gasteiger partial charge in [0.2, 0.25) is 0 Å². The summed E-state index contributed by atoms with van der Waals surface area (Å²) >= 11 is 0. The molecule has 0 spiro atoms. The summed E-state index contributed by atoms with van der Waals surface area (Å²) in [6.07, 6.45) is 2.54. The van der Waals surface area contributed by atoms with Gasteiger partial charge in [0.1, 0.15) is 6.61 Å². The van der Waals surface area contributed by atoms with E-state index in [9.17, 15) is 9.90 Å². The molecule has 2 saturated heterocycles. The zero-order valence-corrected chi connectivity index (χ0v) is 13.6. The number of rotatable bonds is 4. The lowest BCUT2D eigenvalue weighted by molar-refractivity contribution is -0.135. The van der Waals surface area contributed by atoms with E-state index in [1.807, 2.05) is 30.3 Å². The fraction of sp³-hybridized carbons (Fsp3) is 0.611. The van der Waals surface area contributed by atoms with Crippen molar-refractivity contribution < 1.29 is 19.4 Å². The highest BCUT2D eigenvalue weighted by Gasteiger charge is 2.48. The predicted octanol–water partition coefficient (Wildman–Crippen LogP) is 2.72. The Bertz CT molecular complexity index is 519. The number of hydrogen-bond donors (Lipinski definition) is 1. The van der Waals surface area contributed by atoms with E-state index in [2.05, 4.69) is 6.92 Å². The van der Waals surface area contributed by atoms with Crippen molar-refractivity contribution in [2.75, 3.05) is 13.2 Å². The number of aliphatic hydroxyl groups is 1. The second kappa shape index (κ2) is 6.89. The first-order chi connectivity index (χ1) is 11.1. The van der Waals surface area contributed by atoms with Crippen LogP contribution in [0.3, 0.4) is 0 Å². The van der Waals surface area contributed by atoms with Crippen molar-refractivity contribution in [3.05, 3.63) is 35.9 Å². The van der Waals surface area contributed by atoms with Crippen LogP contribution in [-0.4, -0.2) is 47.0 Å². The summed E-state index contributed by atoms with van der Waals surface area (Å²) in [7, 11) is 0. The summed E-state index contributed by atoms with van der Waals surface area (Å²) in [6.45, 7) is 3.30. The Kier molecular flexibility index (Phi) is 4.87. The molecule has 0 radical (unpaired) electrons. The molecule has 126 valence electrons. The molecule has 2 fully saturated rings. The standard InChI is InChI=1S/C18H25NO4/c1-2-8-18(21)9-15-12-22-13-16(10-18)19(15)17(20)23-11-14-6-4-3-5-7-14/h3-7,15-16,21H,2,8-13H2,1H3. The Balaban J connectivity index is 1.64. The third-order valence-electron chi connectivity index (χ3n) is 4.77. The summed E-state index contributed by atoms with van der Waals surface area (Å²) in [4.78, 5) is 14.3. The number of piperidine rings is 1. The third-order valence-corrected chi connectivity index (χ3v) is 4.77. The molecule has 1 amide bonds. The van der Waals surface area contributed by atoms with E-state index >= 15 is 0 Å². The minimum Gasteiger partial charge on any atom is -0.445 e. The number of carbonyl (C=O) groups is 1. The second-order valence-electron chi connectivity index (χ2n) is 6.68. The van der Waals surface area contributed by atoms with Crippen molar-refractivity contribution in [1.29, 1.82) is 0 Å². The molecule has 1 aromatic rings. The number of hydrogen-bond acceptors (Lipinski definition) is 4. The quantitative estimate of drug-likeness (QED) is 0.927. The number of fused-ring (bicyclic) bond motifs is 2. The average molecular weight is 319 g/mol. The van der Waals surface area contributed by atoms with Gasteiger partial charge in [0.15, 0.2) is 0 Å². The molecule has 0 saturated carbocycles. The SMILES string of the molecule is CCCC1(O)CC2COCC(C1)N2C(=O)OCc1ccccc1. The Morgan fingerprint density at radius 2 is 1.96 bits per heavy atom. The normalized spacial score (nSPS) is 30.1. The zero-order chi connectivity index (χ0) is 16.3. The van der Waals surface area contributed by atoms with E-state index in [4.69, 9.17) is 9.47 Å². The van der Waals surface area contributed by atoms with Gasteiger partial charge in [-0.25, -0.2) is 4.79 Å². The zero-order valence-electron chi connectivity index (χ0n) is 13.6. The van der Waals surface area contributed by atoms with Crippen LogP contribution < -0.4 is 0 Å². The Labute approximate surface area is 137 Å². The summed E-state index contributed by atoms with van der Waals surface area (Å²) in [6, 6.07) is 9.48. The summed E-state index contributed by atoms with van der Waals surface area (Å²) in [5, 5.41) is 10.8. The number of benzene rings is 1. The second-order valence-corrected chi connectivity index (χ2v) is 6.68. The Hall–Kier alpha value is -1.59. The molecule has 5 heteroatoms. The van der Waals surface area contributed by atoms with E-state index in [1.54, 1.807) is 4.90 Å². The van der Waals surface area contributed by atoms with Gasteiger partial charge in [0, 0.05) is 0 Å². The van der Waals surface area contributed by atoms with Crippen LogP contribution >= 0.6 is 0 Å². The van der Waals surface area contributed by atoms with Crippen LogP contribution in [0.4, 0.5) is 4.79 Å². The summed E-state index contributed by atoms with van der Waals surface area (Å²) in [5.41, 5.74) is 0.297. The van der Waals surface area contributed by atoms with Gasteiger partial charge in [-0.05, 0) is 24.8 Å². The van der Waals surface area contributed by atoms with E-state index in [0.29, 0.717) is 26.1 Å². The van der Waals surface area contributed by atoms with E-state index in [1.165, 1.54) is 0 Å². The first-order valence-electron chi connectivity index (χ1n) is 8.40. The lowest BCUT2D eigenvalue weighted by Crippen LogP contribution is -2.63. The van der Waals surface area contributed by atoms with Gasteiger partial charge in [0.25, 0.3) is 0 Å². The molecule has 1 aromatic carbocycles. The first kappa shape index (κ1) is 16.3. The lowest BCUT2D eigenvalue weighted by atomic mass is 9.79. The average Bonchev–Trinajstić information content (AvgIpc) is 2.53. The van der Waals surface area contributed by atoms with Gasteiger partial charge >= 0.3 is 6.09 Å². The van der Waals surface area contributed by atoms with E-state index < -0.39 is 5.60 Å². The van der Waals surface area contributed by atoms with Gasteiger partial charge in [0.05, 0.1) is 30.9 Å². The number of nitrogens with zero attached hydrogens (tertiary/aromatic N) is 1. The Morgan fingerprint density at radius 3 is 2.57 bits per heavy atom. The van der Waals surface area contributed by atoms with Crippen molar-refractivity contribution in [2.24, 2.45) is 0 Å². The molecule has 2 bridgehead atoms. The van der Waals surface area contributed by atoms with Gasteiger partial charge in [-0.1, -0.05) is 43.7 Å². The fourth-order valence-electron chi connectivity index (χ4n) is 3.84. The molecule has 2 atom stereocenters. The van der Waals surface area contributed by atoms with Crippen LogP contribution in [-0.2, 0) is 16.1 Å². The van der Waals surface area contributed by atoms with Crippen LogP contribution in [0, 0.1) is 0 Å². The molecule has 1 N–H and O–H groups in total. The third kappa shape index (κ3) is 3.67. The number of ether oxygens (including phenoxy) is 2. The number of amides is 1. The lowest BCUT2D eigenvalue weighted by Gasteiger charge is -2.50. The van der Waals surface area contributed by atoms with Crippen LogP contribution in [0.25, 0.3) is 0 Å². The molecule has 0 aromatic heterocycles. The predicted molar refractivity (Wildman–Crippen MR) is 86.0 cm³/mol. The molecule has 2 aliphatic rings. The summed E-state index contributed by atoms with van der Waals surface area (Å²) < 4.78 is 11.1. The van der Waals surface area contributed by atoms with Crippen LogP contribution in [0.2, 0.25) is 0 Å². The topological polar surface area (TPSA) is 59.0 Å². The van der Waals surface area contributed by atoms with Crippen LogP contribution in [0.1, 0.15) is 38.2 Å². The molecular weight excluding hydrogens is 294 g/mol. The van der Waals surface area contributed by atoms with Gasteiger partial charge in [-0.3, -0.25) is 4.90 Å². The number of morpholine rings is 1. The van der Waals surface area contributed by atoms with Crippen LogP contribution in [0.5, 0.6) is 0 Å². The smallest absolute Gasteiger partial charge is 0.410 e. The highest BCUT2D eigenvalue weighted by atomic mass is 16.6. The maximum absolute atomic E-state index is 12.5. The molecule has 0 aliphatic carbocycles. The largest absolute Gasteiger partial charge is 0.445 e. The van der Waals surface area contributed by atoms with Gasteiger partial charge in [-0.15, -0.1) is 0 Å². The van der Waals surface area contributed by atoms with Crippen molar-refractivity contribution in [3.63, 3.8) is 0 Å². The minimum atomic E-state index is -0.677. The van der Waals surface area contributed by atoms with Crippen molar-refractivity contribution in [1.82, 2.24) is 4.90 Å². The molecule has 2 heterocycles. The molecule has 3 rings (SSSR count). The maximum Gasteiger partial charge on any atom is 0.410 e. The summed E-state index contributed by atoms with van der Waals surface area (Å²) in [5.74, 6) is 0. The maximum atomic E-state index is 12.5. The molecule has 5 nitrogen and oxygen atoms in total. The first-order valence-corrected chi connectivity index (χ1v) is 8.40. The van der Waals surface area contributed by atoms with Gasteiger partial charge in [-0.2, -0.15) is 0 Å². The van der Waals surface area contributed by atoms with Crippen molar-refractivity contribution >= 4 is 6.09 Å². The highest BCUT2D eigenvalue weighted by molar-refractivity contribution is 5.69. The monoisotopic (exact) mass is 319 g/mol. The molecule has 2 unspecified atom stereocenters. The minimum absolute atomic E-state index is 0.0951.